The molecule has 1 unspecified atom stereocenters. The normalized spacial score (nSPS) is 12.4. The number of ketones is 1. The van der Waals surface area contributed by atoms with Gasteiger partial charge in [-0.05, 0) is 24.0 Å². The van der Waals surface area contributed by atoms with Crippen LogP contribution in [0.15, 0.2) is 24.3 Å². The molecule has 0 radical (unpaired) electrons. The Morgan fingerprint density at radius 2 is 2.00 bits per heavy atom. The van der Waals surface area contributed by atoms with Crippen LogP contribution in [0.4, 0.5) is 0 Å². The number of rotatable bonds is 7. The van der Waals surface area contributed by atoms with Crippen LogP contribution in [0, 0.1) is 0 Å². The van der Waals surface area contributed by atoms with E-state index in [1.807, 2.05) is 19.1 Å². The summed E-state index contributed by atoms with van der Waals surface area (Å²) >= 11 is 3.46. The van der Waals surface area contributed by atoms with Gasteiger partial charge in [0.25, 0.3) is 0 Å². The first-order chi connectivity index (χ1) is 8.19. The van der Waals surface area contributed by atoms with Crippen LogP contribution in [-0.2, 0) is 22.4 Å². The van der Waals surface area contributed by atoms with Crippen LogP contribution in [0.25, 0.3) is 0 Å². The number of hydrogen-bond acceptors (Lipinski definition) is 2. The summed E-state index contributed by atoms with van der Waals surface area (Å²) in [5.74, 6) is 0.256. The van der Waals surface area contributed by atoms with Crippen LogP contribution in [0.5, 0.6) is 0 Å². The molecule has 3 heteroatoms. The van der Waals surface area contributed by atoms with Crippen molar-refractivity contribution in [2.24, 2.45) is 0 Å². The van der Waals surface area contributed by atoms with Crippen molar-refractivity contribution in [1.82, 2.24) is 0 Å². The second kappa shape index (κ2) is 7.62. The van der Waals surface area contributed by atoms with Gasteiger partial charge in [0.15, 0.2) is 0 Å². The monoisotopic (exact) mass is 298 g/mol. The van der Waals surface area contributed by atoms with Gasteiger partial charge in [0.05, 0.1) is 11.4 Å². The van der Waals surface area contributed by atoms with Crippen molar-refractivity contribution in [3.8, 4) is 0 Å². The van der Waals surface area contributed by atoms with Crippen molar-refractivity contribution < 1.29 is 9.53 Å². The number of hydrogen-bond donors (Lipinski definition) is 0. The molecule has 1 aromatic carbocycles. The summed E-state index contributed by atoms with van der Waals surface area (Å²) in [5, 5.41) is 0. The van der Waals surface area contributed by atoms with E-state index in [9.17, 15) is 4.79 Å². The van der Waals surface area contributed by atoms with Crippen LogP contribution < -0.4 is 0 Å². The Morgan fingerprint density at radius 3 is 2.59 bits per heavy atom. The third kappa shape index (κ3) is 4.60. The Morgan fingerprint density at radius 1 is 1.35 bits per heavy atom. The Bertz CT molecular complexity index is 363. The van der Waals surface area contributed by atoms with Gasteiger partial charge in [-0.15, -0.1) is 0 Å². The molecular formula is C14H19BrO2. The zero-order valence-electron chi connectivity index (χ0n) is 10.4. The van der Waals surface area contributed by atoms with Gasteiger partial charge in [-0.1, -0.05) is 47.1 Å². The molecule has 17 heavy (non-hydrogen) atoms. The van der Waals surface area contributed by atoms with E-state index in [4.69, 9.17) is 4.74 Å². The predicted octanol–water partition coefficient (Wildman–Crippen LogP) is 3.16. The molecule has 0 saturated carbocycles. The van der Waals surface area contributed by atoms with Crippen molar-refractivity contribution >= 4 is 21.7 Å². The maximum atomic E-state index is 11.6. The van der Waals surface area contributed by atoms with E-state index in [0.717, 1.165) is 12.8 Å². The highest BCUT2D eigenvalue weighted by Crippen LogP contribution is 2.17. The van der Waals surface area contributed by atoms with Crippen molar-refractivity contribution in [3.05, 3.63) is 35.4 Å². The van der Waals surface area contributed by atoms with Gasteiger partial charge in [-0.2, -0.15) is 0 Å². The van der Waals surface area contributed by atoms with E-state index in [1.165, 1.54) is 11.1 Å². The van der Waals surface area contributed by atoms with Crippen LogP contribution in [0.1, 0.15) is 24.5 Å². The molecule has 1 atom stereocenters. The molecule has 0 amide bonds. The fourth-order valence-corrected chi connectivity index (χ4v) is 2.41. The Hall–Kier alpha value is -0.670. The lowest BCUT2D eigenvalue weighted by Gasteiger charge is -2.12. The molecule has 0 aliphatic carbocycles. The summed E-state index contributed by atoms with van der Waals surface area (Å²) < 4.78 is 5.10. The summed E-state index contributed by atoms with van der Waals surface area (Å²) in [5.41, 5.74) is 2.50. The van der Waals surface area contributed by atoms with Gasteiger partial charge in [-0.3, -0.25) is 4.79 Å². The smallest absolute Gasteiger partial charge is 0.146 e. The molecule has 0 N–H and O–H groups in total. The molecule has 0 aliphatic rings. The third-order valence-corrected chi connectivity index (χ3v) is 3.63. The molecule has 0 bridgehead atoms. The Kier molecular flexibility index (Phi) is 6.45. The maximum absolute atomic E-state index is 11.6. The minimum absolute atomic E-state index is 0.0730. The Labute approximate surface area is 111 Å². The molecule has 0 saturated heterocycles. The second-order valence-corrected chi connectivity index (χ2v) is 5.11. The highest BCUT2D eigenvalue weighted by atomic mass is 79.9. The topological polar surface area (TPSA) is 26.3 Å². The molecule has 0 fully saturated rings. The summed E-state index contributed by atoms with van der Waals surface area (Å²) in [4.78, 5) is 11.5. The number of carbonyl (C=O) groups is 1. The first kappa shape index (κ1) is 14.4. The molecule has 0 spiro atoms. The second-order valence-electron chi connectivity index (χ2n) is 4.00. The molecular weight excluding hydrogens is 280 g/mol. The first-order valence-electron chi connectivity index (χ1n) is 5.91. The number of Topliss-reactive ketones (excluding diaryl/α,β-unsaturated/α-hetero) is 1. The largest absolute Gasteiger partial charge is 0.384 e. The number of methoxy groups -OCH3 is 1. The molecule has 0 aliphatic heterocycles. The standard InChI is InChI=1S/C14H19BrO2/c1-3-14(16)13(15)10-12-7-5-4-6-11(12)8-9-17-2/h4-7,13H,3,8-10H2,1-2H3. The van der Waals surface area contributed by atoms with E-state index >= 15 is 0 Å². The molecule has 0 heterocycles. The fourth-order valence-electron chi connectivity index (χ4n) is 1.74. The number of ether oxygens (including phenoxy) is 1. The highest BCUT2D eigenvalue weighted by molar-refractivity contribution is 9.10. The van der Waals surface area contributed by atoms with Crippen molar-refractivity contribution in [2.75, 3.05) is 13.7 Å². The van der Waals surface area contributed by atoms with Crippen LogP contribution in [0.3, 0.4) is 0 Å². The van der Waals surface area contributed by atoms with Gasteiger partial charge in [0, 0.05) is 13.5 Å². The third-order valence-electron chi connectivity index (χ3n) is 2.79. The Balaban J connectivity index is 2.72. The SMILES string of the molecule is CCC(=O)C(Br)Cc1ccccc1CCOC. The van der Waals surface area contributed by atoms with E-state index < -0.39 is 0 Å². The number of carbonyl (C=O) groups excluding carboxylic acids is 1. The van der Waals surface area contributed by atoms with E-state index in [2.05, 4.69) is 28.1 Å². The quantitative estimate of drug-likeness (QED) is 0.723. The van der Waals surface area contributed by atoms with E-state index in [0.29, 0.717) is 13.0 Å². The van der Waals surface area contributed by atoms with Gasteiger partial charge in [0.2, 0.25) is 0 Å². The average Bonchev–Trinajstić information content (AvgIpc) is 2.36. The van der Waals surface area contributed by atoms with Gasteiger partial charge in [0.1, 0.15) is 5.78 Å². The van der Waals surface area contributed by atoms with Crippen molar-refractivity contribution in [1.29, 1.82) is 0 Å². The first-order valence-corrected chi connectivity index (χ1v) is 6.83. The molecule has 2 nitrogen and oxygen atoms in total. The lowest BCUT2D eigenvalue weighted by atomic mass is 9.99. The van der Waals surface area contributed by atoms with Gasteiger partial charge < -0.3 is 4.74 Å². The zero-order valence-corrected chi connectivity index (χ0v) is 12.0. The summed E-state index contributed by atoms with van der Waals surface area (Å²) in [7, 11) is 1.70. The minimum Gasteiger partial charge on any atom is -0.384 e. The molecule has 1 aromatic rings. The van der Waals surface area contributed by atoms with Crippen molar-refractivity contribution in [2.45, 2.75) is 31.0 Å². The van der Waals surface area contributed by atoms with Crippen LogP contribution >= 0.6 is 15.9 Å². The predicted molar refractivity (Wildman–Crippen MR) is 73.7 cm³/mol. The van der Waals surface area contributed by atoms with E-state index in [1.54, 1.807) is 7.11 Å². The number of benzene rings is 1. The molecule has 94 valence electrons. The zero-order chi connectivity index (χ0) is 12.7. The summed E-state index contributed by atoms with van der Waals surface area (Å²) in [6.07, 6.45) is 2.23. The summed E-state index contributed by atoms with van der Waals surface area (Å²) in [6.45, 7) is 2.61. The number of halogens is 1. The van der Waals surface area contributed by atoms with Gasteiger partial charge >= 0.3 is 0 Å². The lowest BCUT2D eigenvalue weighted by Crippen LogP contribution is -2.16. The molecule has 0 aromatic heterocycles. The number of alkyl halides is 1. The van der Waals surface area contributed by atoms with Gasteiger partial charge in [-0.25, -0.2) is 0 Å². The van der Waals surface area contributed by atoms with Crippen LogP contribution in [-0.4, -0.2) is 24.3 Å². The minimum atomic E-state index is -0.0730. The average molecular weight is 299 g/mol. The summed E-state index contributed by atoms with van der Waals surface area (Å²) in [6, 6.07) is 8.23. The maximum Gasteiger partial charge on any atom is 0.146 e. The lowest BCUT2D eigenvalue weighted by molar-refractivity contribution is -0.118. The molecule has 1 rings (SSSR count). The fraction of sp³-hybridized carbons (Fsp3) is 0.500. The van der Waals surface area contributed by atoms with E-state index in [-0.39, 0.29) is 10.6 Å². The van der Waals surface area contributed by atoms with Crippen molar-refractivity contribution in [3.63, 3.8) is 0 Å². The highest BCUT2D eigenvalue weighted by Gasteiger charge is 2.14. The van der Waals surface area contributed by atoms with Crippen LogP contribution in [0.2, 0.25) is 0 Å².